The van der Waals surface area contributed by atoms with Crippen molar-refractivity contribution in [1.82, 2.24) is 0 Å². The van der Waals surface area contributed by atoms with Crippen molar-refractivity contribution in [3.8, 4) is 0 Å². The van der Waals surface area contributed by atoms with E-state index in [1.807, 2.05) is 0 Å². The molecule has 8 heavy (non-hydrogen) atoms. The fourth-order valence-corrected chi connectivity index (χ4v) is 0.144. The molecule has 0 aliphatic rings. The van der Waals surface area contributed by atoms with Crippen LogP contribution >= 0.6 is 8.25 Å². The van der Waals surface area contributed by atoms with Crippen LogP contribution < -0.4 is 0 Å². The number of ether oxygens (including phenoxy) is 1. The van der Waals surface area contributed by atoms with Gasteiger partial charge in [0.1, 0.15) is 0 Å². The van der Waals surface area contributed by atoms with E-state index in [0.29, 0.717) is 24.9 Å². The summed E-state index contributed by atoms with van der Waals surface area (Å²) in [6.45, 7) is 4.87. The topological polar surface area (TPSA) is 26.3 Å². The fraction of sp³-hybridized carbons (Fsp3) is 0.500. The summed E-state index contributed by atoms with van der Waals surface area (Å²) in [5.74, 6) is -0.273. The molecule has 0 radical (unpaired) electrons. The van der Waals surface area contributed by atoms with Gasteiger partial charge in [-0.2, -0.15) is 0 Å². The van der Waals surface area contributed by atoms with Gasteiger partial charge in [-0.05, 0) is 6.61 Å². The summed E-state index contributed by atoms with van der Waals surface area (Å²) in [5.41, 5.74) is 0. The van der Waals surface area contributed by atoms with E-state index < -0.39 is 0 Å². The number of hydrogen-bond acceptors (Lipinski definition) is 2. The monoisotopic (exact) mass is 324 g/mol. The molecule has 0 rings (SSSR count). The fourth-order valence-electron chi connectivity index (χ4n) is 0.144. The zero-order valence-corrected chi connectivity index (χ0v) is 11.1. The predicted octanol–water partition coefficient (Wildman–Crippen LogP) is 1.07. The standard InChI is InChI=1S/C4H7O2.ClH.Hg/c1-3-6-4(2)5;;/h1,3H2,2H3;1H;/q-1;;+1/p-1. The van der Waals surface area contributed by atoms with Crippen LogP contribution in [0, 0.1) is 6.92 Å². The van der Waals surface area contributed by atoms with Crippen LogP contribution in [0.2, 0.25) is 0 Å². The van der Waals surface area contributed by atoms with E-state index in [2.05, 4.69) is 11.7 Å². The summed E-state index contributed by atoms with van der Waals surface area (Å²) < 4.78 is 4.29. The molecule has 0 atom stereocenters. The molecule has 0 saturated heterocycles. The average molecular weight is 323 g/mol. The first kappa shape index (κ1) is 11.5. The molecule has 0 unspecified atom stereocenters. The van der Waals surface area contributed by atoms with Gasteiger partial charge in [-0.15, -0.1) is 0 Å². The Morgan fingerprint density at radius 1 is 1.88 bits per heavy atom. The van der Waals surface area contributed by atoms with Crippen molar-refractivity contribution in [2.45, 2.75) is 6.92 Å². The van der Waals surface area contributed by atoms with Crippen LogP contribution in [0.5, 0.6) is 0 Å². The first-order valence-corrected chi connectivity index (χ1v) is 8.73. The van der Waals surface area contributed by atoms with Crippen molar-refractivity contribution in [3.63, 3.8) is 0 Å². The van der Waals surface area contributed by atoms with E-state index in [1.165, 1.54) is 6.92 Å². The Hall–Kier alpha value is 0.695. The maximum atomic E-state index is 9.78. The first-order chi connectivity index (χ1) is 3.77. The molecule has 0 saturated carbocycles. The van der Waals surface area contributed by atoms with Crippen molar-refractivity contribution in [2.75, 3.05) is 6.61 Å². The molecular weight excluding hydrogens is 316 g/mol. The second kappa shape index (κ2) is 10.6. The quantitative estimate of drug-likeness (QED) is 0.410. The number of carbonyl (C=O) groups excluding carboxylic acids is 1. The zero-order valence-electron chi connectivity index (χ0n) is 4.82. The van der Waals surface area contributed by atoms with E-state index in [9.17, 15) is 4.79 Å². The van der Waals surface area contributed by atoms with Gasteiger partial charge in [-0.3, -0.25) is 4.79 Å². The van der Waals surface area contributed by atoms with Crippen molar-refractivity contribution < 1.29 is 34.4 Å². The van der Waals surface area contributed by atoms with Gasteiger partial charge in [0, 0.05) is 6.92 Å². The van der Waals surface area contributed by atoms with E-state index >= 15 is 0 Å². The summed E-state index contributed by atoms with van der Waals surface area (Å²) in [6, 6.07) is 0. The SMILES string of the molecule is [CH2-]COC(C)=O.[Cl][Hg]. The number of carbonyl (C=O) groups is 1. The van der Waals surface area contributed by atoms with Gasteiger partial charge < -0.3 is 11.7 Å². The molecule has 0 aromatic heterocycles. The Morgan fingerprint density at radius 2 is 2.25 bits per heavy atom. The molecular formula is C4H7ClHgO2-. The van der Waals surface area contributed by atoms with E-state index in [-0.39, 0.29) is 12.6 Å². The molecule has 0 bridgehead atoms. The Bertz CT molecular complexity index is 58.0. The maximum absolute atomic E-state index is 9.78. The molecule has 2 nitrogen and oxygen atoms in total. The van der Waals surface area contributed by atoms with E-state index in [0.717, 1.165) is 0 Å². The third-order valence-electron chi connectivity index (χ3n) is 0.305. The molecule has 4 heteroatoms. The van der Waals surface area contributed by atoms with Crippen molar-refractivity contribution >= 4 is 14.2 Å². The van der Waals surface area contributed by atoms with Crippen LogP contribution in [0.4, 0.5) is 0 Å². The van der Waals surface area contributed by atoms with E-state index in [4.69, 9.17) is 8.25 Å². The number of esters is 1. The van der Waals surface area contributed by atoms with Crippen molar-refractivity contribution in [1.29, 1.82) is 0 Å². The molecule has 0 N–H and O–H groups in total. The minimum atomic E-state index is -0.273. The zero-order chi connectivity index (χ0) is 6.99. The normalized spacial score (nSPS) is 6.62. The Balaban J connectivity index is 0. The molecule has 0 fully saturated rings. The van der Waals surface area contributed by atoms with Crippen LogP contribution in [0.25, 0.3) is 0 Å². The Morgan fingerprint density at radius 3 is 2.25 bits per heavy atom. The van der Waals surface area contributed by atoms with Crippen LogP contribution in [-0.4, -0.2) is 12.6 Å². The van der Waals surface area contributed by atoms with Gasteiger partial charge in [-0.25, -0.2) is 0 Å². The Kier molecular flexibility index (Phi) is 15.3. The van der Waals surface area contributed by atoms with Crippen LogP contribution in [0.15, 0.2) is 0 Å². The predicted molar refractivity (Wildman–Crippen MR) is 27.8 cm³/mol. The molecule has 0 amide bonds. The second-order valence-corrected chi connectivity index (χ2v) is 0.840. The van der Waals surface area contributed by atoms with Crippen molar-refractivity contribution in [3.05, 3.63) is 6.92 Å². The van der Waals surface area contributed by atoms with Crippen molar-refractivity contribution in [2.24, 2.45) is 0 Å². The second-order valence-electron chi connectivity index (χ2n) is 0.840. The van der Waals surface area contributed by atoms with Crippen LogP contribution in [0.3, 0.4) is 0 Å². The van der Waals surface area contributed by atoms with Gasteiger partial charge in [-0.1, -0.05) is 0 Å². The number of halogens is 1. The third kappa shape index (κ3) is 15.9. The van der Waals surface area contributed by atoms with E-state index in [1.54, 1.807) is 0 Å². The summed E-state index contributed by atoms with van der Waals surface area (Å²) in [6.07, 6.45) is 0. The first-order valence-electron chi connectivity index (χ1n) is 1.96. The molecule has 0 aromatic rings. The number of rotatable bonds is 1. The third-order valence-corrected chi connectivity index (χ3v) is 0.305. The van der Waals surface area contributed by atoms with Gasteiger partial charge in [0.25, 0.3) is 5.97 Å². The van der Waals surface area contributed by atoms with Crippen LogP contribution in [-0.2, 0) is 34.4 Å². The summed E-state index contributed by atoms with van der Waals surface area (Å²) >= 11 is 0.500. The average Bonchev–Trinajstić information content (AvgIpc) is 1.72. The van der Waals surface area contributed by atoms with Crippen LogP contribution in [0.1, 0.15) is 6.92 Å². The molecule has 0 aliphatic carbocycles. The van der Waals surface area contributed by atoms with Gasteiger partial charge in [0.05, 0.1) is 0 Å². The molecule has 45 valence electrons. The molecule has 0 spiro atoms. The Labute approximate surface area is 69.0 Å². The number of hydrogen-bond donors (Lipinski definition) is 0. The minimum absolute atomic E-state index is 0.231. The molecule has 0 aromatic carbocycles. The molecule has 0 heterocycles. The summed E-state index contributed by atoms with van der Waals surface area (Å²) in [4.78, 5) is 9.78. The van der Waals surface area contributed by atoms with Gasteiger partial charge in [0.15, 0.2) is 0 Å². The summed E-state index contributed by atoms with van der Waals surface area (Å²) in [7, 11) is 4.83. The molecule has 0 aliphatic heterocycles. The van der Waals surface area contributed by atoms with Gasteiger partial charge in [0.2, 0.25) is 0 Å². The summed E-state index contributed by atoms with van der Waals surface area (Å²) in [5, 5.41) is 0. The van der Waals surface area contributed by atoms with Gasteiger partial charge >= 0.3 is 33.1 Å².